The van der Waals surface area contributed by atoms with Gasteiger partial charge in [-0.1, -0.05) is 107 Å². The largest absolute Gasteiger partial charge is 0.404 e. The Balaban J connectivity index is 1.86. The van der Waals surface area contributed by atoms with Crippen LogP contribution in [0, 0.1) is 23.2 Å². The minimum Gasteiger partial charge on any atom is -0.404 e. The van der Waals surface area contributed by atoms with Crippen molar-refractivity contribution < 1.29 is 9.53 Å². The van der Waals surface area contributed by atoms with Gasteiger partial charge in [-0.2, -0.15) is 0 Å². The van der Waals surface area contributed by atoms with Crippen molar-refractivity contribution in [2.24, 2.45) is 23.2 Å². The van der Waals surface area contributed by atoms with E-state index < -0.39 is 8.32 Å². The van der Waals surface area contributed by atoms with Gasteiger partial charge in [0.1, 0.15) is 0 Å². The molecule has 0 aliphatic heterocycles. The first kappa shape index (κ1) is 28.1. The summed E-state index contributed by atoms with van der Waals surface area (Å²) in [7, 11) is -2.70. The molecule has 37 heavy (non-hydrogen) atoms. The van der Waals surface area contributed by atoms with Gasteiger partial charge in [-0.25, -0.2) is 0 Å². The van der Waals surface area contributed by atoms with Crippen LogP contribution in [0.1, 0.15) is 73.1 Å². The highest BCUT2D eigenvalue weighted by Crippen LogP contribution is 2.61. The standard InChI is InChI=1S/C34H48O2Si/c1-8-9-20-29(35)31-26(4)21-23-34(25(2)3)24-22-30(32(31)34)36-37(33(5,6)7,27-16-12-10-13-17-27)28-18-14-11-15-19-28/h8,10-19,26,29-32,35H,1-2,9,20-24H2,3-7H3/t26-,29?,30+,31+,32+,34+/m1/s1. The van der Waals surface area contributed by atoms with Crippen LogP contribution in [0.3, 0.4) is 0 Å². The minimum atomic E-state index is -2.70. The number of aliphatic hydroxyl groups is 1. The number of fused-ring (bicyclic) bond motifs is 1. The Morgan fingerprint density at radius 3 is 2.08 bits per heavy atom. The predicted molar refractivity (Wildman–Crippen MR) is 160 cm³/mol. The normalized spacial score (nSPS) is 28.9. The fourth-order valence-corrected chi connectivity index (χ4v) is 12.6. The second-order valence-corrected chi connectivity index (χ2v) is 17.1. The van der Waals surface area contributed by atoms with Crippen molar-refractivity contribution >= 4 is 18.7 Å². The van der Waals surface area contributed by atoms with Gasteiger partial charge in [-0.15, -0.1) is 6.58 Å². The molecule has 3 heteroatoms. The van der Waals surface area contributed by atoms with E-state index in [9.17, 15) is 5.11 Å². The topological polar surface area (TPSA) is 29.5 Å². The maximum Gasteiger partial charge on any atom is 0.261 e. The summed E-state index contributed by atoms with van der Waals surface area (Å²) in [5.41, 5.74) is 1.32. The molecule has 200 valence electrons. The molecular formula is C34H48O2Si. The monoisotopic (exact) mass is 516 g/mol. The molecular weight excluding hydrogens is 468 g/mol. The fourth-order valence-electron chi connectivity index (χ4n) is 7.90. The quantitative estimate of drug-likeness (QED) is 0.280. The van der Waals surface area contributed by atoms with Gasteiger partial charge in [0.15, 0.2) is 0 Å². The zero-order valence-electron chi connectivity index (χ0n) is 23.7. The second-order valence-electron chi connectivity index (χ2n) is 12.8. The molecule has 2 aromatic carbocycles. The number of hydrogen-bond donors (Lipinski definition) is 1. The number of benzene rings is 2. The van der Waals surface area contributed by atoms with Crippen LogP contribution >= 0.6 is 0 Å². The van der Waals surface area contributed by atoms with Gasteiger partial charge in [0.2, 0.25) is 0 Å². The van der Waals surface area contributed by atoms with Crippen LogP contribution in [0.2, 0.25) is 5.04 Å². The van der Waals surface area contributed by atoms with Crippen LogP contribution in [0.25, 0.3) is 0 Å². The molecule has 0 saturated heterocycles. The van der Waals surface area contributed by atoms with Crippen molar-refractivity contribution in [1.29, 1.82) is 0 Å². The summed E-state index contributed by atoms with van der Waals surface area (Å²) in [6.07, 6.45) is 7.73. The summed E-state index contributed by atoms with van der Waals surface area (Å²) in [5.74, 6) is 0.937. The highest BCUT2D eigenvalue weighted by atomic mass is 28.4. The highest BCUT2D eigenvalue weighted by molar-refractivity contribution is 6.99. The lowest BCUT2D eigenvalue weighted by molar-refractivity contribution is -0.0648. The van der Waals surface area contributed by atoms with Gasteiger partial charge in [-0.3, -0.25) is 0 Å². The van der Waals surface area contributed by atoms with E-state index in [4.69, 9.17) is 4.43 Å². The molecule has 1 unspecified atom stereocenters. The Labute approximate surface area is 227 Å². The average Bonchev–Trinajstić information content (AvgIpc) is 3.25. The summed E-state index contributed by atoms with van der Waals surface area (Å²) in [6, 6.07) is 22.0. The third-order valence-electron chi connectivity index (χ3n) is 9.74. The molecule has 4 rings (SSSR count). The van der Waals surface area contributed by atoms with Crippen LogP contribution in [-0.2, 0) is 4.43 Å². The average molecular weight is 517 g/mol. The number of allylic oxidation sites excluding steroid dienone is 2. The van der Waals surface area contributed by atoms with Crippen LogP contribution in [0.5, 0.6) is 0 Å². The molecule has 2 fully saturated rings. The highest BCUT2D eigenvalue weighted by Gasteiger charge is 2.60. The van der Waals surface area contributed by atoms with Gasteiger partial charge >= 0.3 is 0 Å². The van der Waals surface area contributed by atoms with Crippen molar-refractivity contribution in [1.82, 2.24) is 0 Å². The van der Waals surface area contributed by atoms with Crippen LogP contribution in [0.4, 0.5) is 0 Å². The SMILES string of the molecule is C=CCCC(O)[C@H]1[C@@H]2[C@@H](O[Si](c3ccccc3)(c3ccccc3)C(C)(C)C)CC[C@]2(C(=C)C)CC[C@H]1C. The van der Waals surface area contributed by atoms with Crippen molar-refractivity contribution in [3.05, 3.63) is 85.5 Å². The maximum absolute atomic E-state index is 11.6. The van der Waals surface area contributed by atoms with Crippen molar-refractivity contribution in [2.45, 2.75) is 90.4 Å². The summed E-state index contributed by atoms with van der Waals surface area (Å²) >= 11 is 0. The Bertz CT molecular complexity index is 1020. The van der Waals surface area contributed by atoms with Gasteiger partial charge in [0, 0.05) is 6.10 Å². The lowest BCUT2D eigenvalue weighted by Gasteiger charge is -2.53. The number of aliphatic hydroxyl groups excluding tert-OH is 1. The molecule has 0 heterocycles. The third-order valence-corrected chi connectivity index (χ3v) is 14.8. The molecule has 2 saturated carbocycles. The van der Waals surface area contributed by atoms with Gasteiger partial charge in [0.25, 0.3) is 8.32 Å². The van der Waals surface area contributed by atoms with E-state index in [1.165, 1.54) is 15.9 Å². The van der Waals surface area contributed by atoms with Crippen molar-refractivity contribution in [2.75, 3.05) is 0 Å². The summed E-state index contributed by atoms with van der Waals surface area (Å²) in [4.78, 5) is 0. The van der Waals surface area contributed by atoms with E-state index >= 15 is 0 Å². The van der Waals surface area contributed by atoms with Crippen LogP contribution in [-0.4, -0.2) is 25.6 Å². The Kier molecular flexibility index (Phi) is 8.38. The first-order valence-electron chi connectivity index (χ1n) is 14.3. The lowest BCUT2D eigenvalue weighted by Crippen LogP contribution is -2.68. The maximum atomic E-state index is 11.6. The molecule has 0 radical (unpaired) electrons. The molecule has 0 spiro atoms. The Morgan fingerprint density at radius 2 is 1.59 bits per heavy atom. The lowest BCUT2D eigenvalue weighted by atomic mass is 9.55. The van der Waals surface area contributed by atoms with E-state index in [-0.39, 0.29) is 34.5 Å². The van der Waals surface area contributed by atoms with E-state index in [2.05, 4.69) is 108 Å². The third kappa shape index (κ3) is 4.95. The van der Waals surface area contributed by atoms with Crippen molar-refractivity contribution in [3.8, 4) is 0 Å². The number of rotatable bonds is 9. The zero-order valence-corrected chi connectivity index (χ0v) is 24.7. The summed E-state index contributed by atoms with van der Waals surface area (Å²) in [6.45, 7) is 20.1. The van der Waals surface area contributed by atoms with E-state index in [1.807, 2.05) is 6.08 Å². The first-order valence-corrected chi connectivity index (χ1v) is 16.2. The minimum absolute atomic E-state index is 0.0440. The van der Waals surface area contributed by atoms with E-state index in [1.54, 1.807) is 0 Å². The molecule has 2 aliphatic rings. The van der Waals surface area contributed by atoms with E-state index in [0.29, 0.717) is 5.92 Å². The smallest absolute Gasteiger partial charge is 0.261 e. The summed E-state index contributed by atoms with van der Waals surface area (Å²) in [5, 5.41) is 14.2. The van der Waals surface area contributed by atoms with Gasteiger partial charge < -0.3 is 9.53 Å². The molecule has 0 aromatic heterocycles. The van der Waals surface area contributed by atoms with E-state index in [0.717, 1.165) is 38.5 Å². The molecule has 2 nitrogen and oxygen atoms in total. The fraction of sp³-hybridized carbons (Fsp3) is 0.529. The molecule has 1 N–H and O–H groups in total. The molecule has 6 atom stereocenters. The summed E-state index contributed by atoms with van der Waals surface area (Å²) < 4.78 is 7.78. The van der Waals surface area contributed by atoms with Crippen LogP contribution in [0.15, 0.2) is 85.5 Å². The Hall–Kier alpha value is -1.94. The molecule has 2 aromatic rings. The molecule has 2 aliphatic carbocycles. The first-order chi connectivity index (χ1) is 17.6. The predicted octanol–water partition coefficient (Wildman–Crippen LogP) is 7.28. The second kappa shape index (κ2) is 11.0. The van der Waals surface area contributed by atoms with Crippen LogP contribution < -0.4 is 10.4 Å². The van der Waals surface area contributed by atoms with Crippen molar-refractivity contribution in [3.63, 3.8) is 0 Å². The van der Waals surface area contributed by atoms with Gasteiger partial charge in [0.05, 0.1) is 6.10 Å². The zero-order chi connectivity index (χ0) is 26.8. The molecule has 0 amide bonds. The molecule has 0 bridgehead atoms. The number of hydrogen-bond acceptors (Lipinski definition) is 2. The van der Waals surface area contributed by atoms with Gasteiger partial charge in [-0.05, 0) is 84.0 Å². The Morgan fingerprint density at radius 1 is 1.05 bits per heavy atom.